The Balaban J connectivity index is 2.28. The van der Waals surface area contributed by atoms with Crippen LogP contribution in [0.5, 0.6) is 0 Å². The number of halogens is 1. The number of rotatable bonds is 3. The van der Waals surface area contributed by atoms with E-state index in [1.54, 1.807) is 0 Å². The van der Waals surface area contributed by atoms with Crippen LogP contribution in [0.15, 0.2) is 12.3 Å². The average Bonchev–Trinajstić information content (AvgIpc) is 2.77. The van der Waals surface area contributed by atoms with Crippen molar-refractivity contribution in [3.63, 3.8) is 0 Å². The van der Waals surface area contributed by atoms with E-state index in [0.29, 0.717) is 12.0 Å². The lowest BCUT2D eigenvalue weighted by atomic mass is 9.67. The molecule has 19 heavy (non-hydrogen) atoms. The van der Waals surface area contributed by atoms with Crippen LogP contribution >= 0.6 is 11.6 Å². The van der Waals surface area contributed by atoms with Gasteiger partial charge in [-0.25, -0.2) is 0 Å². The van der Waals surface area contributed by atoms with Crippen LogP contribution in [0.3, 0.4) is 0 Å². The Bertz CT molecular complexity index is 422. The van der Waals surface area contributed by atoms with Gasteiger partial charge >= 0.3 is 0 Å². The van der Waals surface area contributed by atoms with Gasteiger partial charge in [0.2, 0.25) is 0 Å². The molecule has 2 nitrogen and oxygen atoms in total. The fraction of sp³-hybridized carbons (Fsp3) is 0.812. The molecule has 0 amide bonds. The molecular weight excluding hydrogens is 256 g/mol. The van der Waals surface area contributed by atoms with Gasteiger partial charge in [-0.2, -0.15) is 5.10 Å². The number of hydrogen-bond acceptors (Lipinski definition) is 1. The fourth-order valence-corrected chi connectivity index (χ4v) is 4.30. The molecule has 0 aromatic carbocycles. The van der Waals surface area contributed by atoms with Crippen molar-refractivity contribution in [2.75, 3.05) is 0 Å². The Kier molecular flexibility index (Phi) is 4.29. The van der Waals surface area contributed by atoms with Gasteiger partial charge in [0.1, 0.15) is 0 Å². The van der Waals surface area contributed by atoms with Crippen molar-refractivity contribution in [3.8, 4) is 0 Å². The summed E-state index contributed by atoms with van der Waals surface area (Å²) in [5, 5.41) is 4.78. The lowest BCUT2D eigenvalue weighted by Crippen LogP contribution is -2.40. The van der Waals surface area contributed by atoms with E-state index in [-0.39, 0.29) is 10.8 Å². The monoisotopic (exact) mass is 282 g/mol. The van der Waals surface area contributed by atoms with Crippen LogP contribution in [0.4, 0.5) is 0 Å². The zero-order valence-corrected chi connectivity index (χ0v) is 13.6. The first-order valence-electron chi connectivity index (χ1n) is 7.52. The van der Waals surface area contributed by atoms with Crippen molar-refractivity contribution in [2.24, 2.45) is 11.8 Å². The van der Waals surface area contributed by atoms with Gasteiger partial charge in [0.15, 0.2) is 0 Å². The third-order valence-electron chi connectivity index (χ3n) is 4.78. The molecule has 1 aliphatic rings. The van der Waals surface area contributed by atoms with E-state index in [9.17, 15) is 0 Å². The smallest absolute Gasteiger partial charge is 0.0492 e. The summed E-state index contributed by atoms with van der Waals surface area (Å²) in [5.41, 5.74) is 1.42. The fourth-order valence-electron chi connectivity index (χ4n) is 3.55. The lowest BCUT2D eigenvalue weighted by molar-refractivity contribution is 0.196. The van der Waals surface area contributed by atoms with E-state index in [2.05, 4.69) is 50.5 Å². The minimum absolute atomic E-state index is 0.0906. The van der Waals surface area contributed by atoms with Crippen molar-refractivity contribution in [3.05, 3.63) is 18.0 Å². The highest BCUT2D eigenvalue weighted by Gasteiger charge is 2.41. The van der Waals surface area contributed by atoms with E-state index in [1.807, 2.05) is 6.20 Å². The Morgan fingerprint density at radius 2 is 2.05 bits per heavy atom. The molecule has 0 N–H and O–H groups in total. The van der Waals surface area contributed by atoms with E-state index >= 15 is 0 Å². The van der Waals surface area contributed by atoms with Crippen LogP contribution in [0.2, 0.25) is 0 Å². The van der Waals surface area contributed by atoms with Crippen LogP contribution < -0.4 is 0 Å². The molecule has 2 rings (SSSR count). The van der Waals surface area contributed by atoms with Crippen molar-refractivity contribution in [2.45, 2.75) is 70.7 Å². The van der Waals surface area contributed by atoms with Gasteiger partial charge in [-0.05, 0) is 44.6 Å². The maximum atomic E-state index is 6.68. The first kappa shape index (κ1) is 14.9. The molecule has 3 unspecified atom stereocenters. The number of alkyl halides is 1. The van der Waals surface area contributed by atoms with Crippen molar-refractivity contribution < 1.29 is 0 Å². The molecule has 0 spiro atoms. The quantitative estimate of drug-likeness (QED) is 0.729. The van der Waals surface area contributed by atoms with Crippen LogP contribution in [0.1, 0.15) is 65.6 Å². The van der Waals surface area contributed by atoms with E-state index in [4.69, 9.17) is 11.6 Å². The Morgan fingerprint density at radius 1 is 1.37 bits per heavy atom. The number of hydrogen-bond donors (Lipinski definition) is 0. The van der Waals surface area contributed by atoms with E-state index < -0.39 is 0 Å². The van der Waals surface area contributed by atoms with Crippen molar-refractivity contribution in [1.82, 2.24) is 9.78 Å². The highest BCUT2D eigenvalue weighted by atomic mass is 35.5. The molecule has 0 saturated heterocycles. The molecule has 108 valence electrons. The molecule has 3 atom stereocenters. The highest BCUT2D eigenvalue weighted by molar-refractivity contribution is 6.20. The van der Waals surface area contributed by atoms with Gasteiger partial charge in [0.25, 0.3) is 0 Å². The maximum Gasteiger partial charge on any atom is 0.0492 e. The van der Waals surface area contributed by atoms with Crippen LogP contribution in [0, 0.1) is 11.8 Å². The Labute approximate surface area is 122 Å². The topological polar surface area (TPSA) is 17.8 Å². The van der Waals surface area contributed by atoms with Gasteiger partial charge in [0.05, 0.1) is 0 Å². The minimum atomic E-state index is 0.0906. The van der Waals surface area contributed by atoms with E-state index in [1.165, 1.54) is 18.5 Å². The molecule has 0 aliphatic heterocycles. The van der Waals surface area contributed by atoms with Crippen LogP contribution in [-0.4, -0.2) is 15.2 Å². The molecule has 1 saturated carbocycles. The second-order valence-corrected chi connectivity index (χ2v) is 7.58. The van der Waals surface area contributed by atoms with Gasteiger partial charge < -0.3 is 0 Å². The number of nitrogens with zero attached hydrogens (tertiary/aromatic N) is 2. The normalized spacial score (nSPS) is 28.9. The molecule has 1 fully saturated rings. The first-order chi connectivity index (χ1) is 8.84. The summed E-state index contributed by atoms with van der Waals surface area (Å²) in [5.74, 6) is 1.31. The summed E-state index contributed by atoms with van der Waals surface area (Å²) in [4.78, 5) is 0. The second kappa shape index (κ2) is 5.47. The van der Waals surface area contributed by atoms with Crippen LogP contribution in [0.25, 0.3) is 0 Å². The molecule has 1 aromatic heterocycles. The predicted octanol–water partition coefficient (Wildman–Crippen LogP) is 4.79. The molecule has 0 bridgehead atoms. The zero-order valence-electron chi connectivity index (χ0n) is 12.9. The highest BCUT2D eigenvalue weighted by Crippen LogP contribution is 2.44. The second-order valence-electron chi connectivity index (χ2n) is 7.02. The molecular formula is C16H27ClN2. The molecule has 0 radical (unpaired) electrons. The largest absolute Gasteiger partial charge is 0.267 e. The van der Waals surface area contributed by atoms with E-state index in [0.717, 1.165) is 12.3 Å². The Morgan fingerprint density at radius 3 is 2.63 bits per heavy atom. The van der Waals surface area contributed by atoms with Crippen molar-refractivity contribution in [1.29, 1.82) is 0 Å². The summed E-state index contributed by atoms with van der Waals surface area (Å²) < 4.78 is 2.15. The maximum absolute atomic E-state index is 6.68. The molecule has 1 aromatic rings. The third-order valence-corrected chi connectivity index (χ3v) is 5.26. The SMILES string of the molecule is CC1CCC(C(C)(C)c2ccnn2C(C)C)C(Cl)C1. The van der Waals surface area contributed by atoms with Crippen molar-refractivity contribution >= 4 is 11.6 Å². The van der Waals surface area contributed by atoms with Gasteiger partial charge in [0, 0.05) is 28.7 Å². The summed E-state index contributed by atoms with van der Waals surface area (Å²) >= 11 is 6.68. The summed E-state index contributed by atoms with van der Waals surface area (Å²) in [7, 11) is 0. The lowest BCUT2D eigenvalue weighted by Gasteiger charge is -2.42. The Hall–Kier alpha value is -0.500. The minimum Gasteiger partial charge on any atom is -0.267 e. The predicted molar refractivity (Wildman–Crippen MR) is 81.8 cm³/mol. The van der Waals surface area contributed by atoms with Gasteiger partial charge in [-0.1, -0.05) is 27.2 Å². The summed E-state index contributed by atoms with van der Waals surface area (Å²) in [6.07, 6.45) is 5.59. The zero-order chi connectivity index (χ0) is 14.2. The molecule has 3 heteroatoms. The third kappa shape index (κ3) is 2.84. The van der Waals surface area contributed by atoms with Gasteiger partial charge in [-0.3, -0.25) is 4.68 Å². The molecule has 1 heterocycles. The average molecular weight is 283 g/mol. The van der Waals surface area contributed by atoms with Gasteiger partial charge in [-0.15, -0.1) is 11.6 Å². The number of aromatic nitrogens is 2. The van der Waals surface area contributed by atoms with Crippen LogP contribution in [-0.2, 0) is 5.41 Å². The molecule has 1 aliphatic carbocycles. The summed E-state index contributed by atoms with van der Waals surface area (Å²) in [6.45, 7) is 11.4. The standard InChI is InChI=1S/C16H27ClN2/c1-11(2)19-15(8-9-18-19)16(4,5)13-7-6-12(3)10-14(13)17/h8-9,11-14H,6-7,10H2,1-5H3. The summed E-state index contributed by atoms with van der Waals surface area (Å²) in [6, 6.07) is 2.57. The first-order valence-corrected chi connectivity index (χ1v) is 7.95.